The van der Waals surface area contributed by atoms with Crippen LogP contribution in [0.2, 0.25) is 0 Å². The highest BCUT2D eigenvalue weighted by Gasteiger charge is 2.31. The van der Waals surface area contributed by atoms with Crippen molar-refractivity contribution in [1.29, 1.82) is 10.5 Å². The summed E-state index contributed by atoms with van der Waals surface area (Å²) in [5.41, 5.74) is 2.98. The van der Waals surface area contributed by atoms with E-state index in [1.54, 1.807) is 0 Å². The van der Waals surface area contributed by atoms with Crippen LogP contribution in [-0.2, 0) is 5.41 Å². The molecule has 0 amide bonds. The largest absolute Gasteiger partial charge is 0.479 e. The van der Waals surface area contributed by atoms with Crippen molar-refractivity contribution in [2.24, 2.45) is 0 Å². The first-order chi connectivity index (χ1) is 13.7. The lowest BCUT2D eigenvalue weighted by Crippen LogP contribution is -2.25. The van der Waals surface area contributed by atoms with Crippen molar-refractivity contribution in [3.63, 3.8) is 0 Å². The van der Waals surface area contributed by atoms with Gasteiger partial charge in [0.1, 0.15) is 23.6 Å². The minimum Gasteiger partial charge on any atom is -0.479 e. The zero-order valence-electron chi connectivity index (χ0n) is 15.6. The van der Waals surface area contributed by atoms with E-state index >= 15 is 0 Å². The van der Waals surface area contributed by atoms with Gasteiger partial charge in [-0.2, -0.15) is 10.5 Å². The van der Waals surface area contributed by atoms with Gasteiger partial charge >= 0.3 is 0 Å². The van der Waals surface area contributed by atoms with Gasteiger partial charge in [0.15, 0.2) is 13.2 Å². The van der Waals surface area contributed by atoms with E-state index in [2.05, 4.69) is 19.1 Å². The Bertz CT molecular complexity index is 921. The third-order valence-electron chi connectivity index (χ3n) is 4.82. The van der Waals surface area contributed by atoms with Gasteiger partial charge in [-0.1, -0.05) is 54.6 Å². The Kier molecular flexibility index (Phi) is 5.94. The molecule has 138 valence electrons. The van der Waals surface area contributed by atoms with E-state index in [1.165, 1.54) is 0 Å². The molecule has 0 heterocycles. The summed E-state index contributed by atoms with van der Waals surface area (Å²) in [7, 11) is 0. The molecule has 0 N–H and O–H groups in total. The van der Waals surface area contributed by atoms with Crippen molar-refractivity contribution < 1.29 is 9.47 Å². The zero-order valence-corrected chi connectivity index (χ0v) is 15.6. The van der Waals surface area contributed by atoms with Crippen LogP contribution >= 0.6 is 0 Å². The zero-order chi connectivity index (χ0) is 19.8. The van der Waals surface area contributed by atoms with Crippen LogP contribution in [0.5, 0.6) is 11.5 Å². The van der Waals surface area contributed by atoms with E-state index in [4.69, 9.17) is 20.0 Å². The molecule has 0 saturated carbocycles. The number of hydrogen-bond acceptors (Lipinski definition) is 4. The number of ether oxygens (including phenoxy) is 2. The van der Waals surface area contributed by atoms with Gasteiger partial charge in [0.25, 0.3) is 0 Å². The minimum atomic E-state index is -0.386. The fourth-order valence-corrected chi connectivity index (χ4v) is 3.27. The van der Waals surface area contributed by atoms with E-state index < -0.39 is 0 Å². The lowest BCUT2D eigenvalue weighted by atomic mass is 9.71. The first-order valence-electron chi connectivity index (χ1n) is 8.94. The average Bonchev–Trinajstić information content (AvgIpc) is 2.77. The van der Waals surface area contributed by atoms with Gasteiger partial charge in [0.2, 0.25) is 0 Å². The molecule has 0 aliphatic rings. The van der Waals surface area contributed by atoms with Crippen molar-refractivity contribution in [3.05, 3.63) is 95.6 Å². The van der Waals surface area contributed by atoms with Crippen LogP contribution in [-0.4, -0.2) is 13.2 Å². The summed E-state index contributed by atoms with van der Waals surface area (Å²) in [4.78, 5) is 0. The van der Waals surface area contributed by atoms with Crippen LogP contribution < -0.4 is 9.47 Å². The maximum Gasteiger partial charge on any atom is 0.174 e. The molecule has 0 atom stereocenters. The molecule has 0 fully saturated rings. The van der Waals surface area contributed by atoms with Crippen molar-refractivity contribution in [2.75, 3.05) is 13.2 Å². The Morgan fingerprint density at radius 1 is 0.643 bits per heavy atom. The lowest BCUT2D eigenvalue weighted by molar-refractivity contribution is 0.367. The number of rotatable bonds is 7. The van der Waals surface area contributed by atoms with E-state index in [0.29, 0.717) is 11.5 Å². The first kappa shape index (κ1) is 19.0. The molecule has 0 saturated heterocycles. The molecular formula is C24H20N2O2. The van der Waals surface area contributed by atoms with Crippen LogP contribution in [0.1, 0.15) is 23.6 Å². The van der Waals surface area contributed by atoms with E-state index in [0.717, 1.165) is 16.7 Å². The molecule has 4 heteroatoms. The predicted octanol–water partition coefficient (Wildman–Crippen LogP) is 4.85. The second-order valence-corrected chi connectivity index (χ2v) is 6.43. The molecule has 0 radical (unpaired) electrons. The average molecular weight is 368 g/mol. The van der Waals surface area contributed by atoms with Crippen molar-refractivity contribution in [3.8, 4) is 23.6 Å². The summed E-state index contributed by atoms with van der Waals surface area (Å²) < 4.78 is 10.8. The molecular weight excluding hydrogens is 348 g/mol. The summed E-state index contributed by atoms with van der Waals surface area (Å²) in [5, 5.41) is 17.4. The minimum absolute atomic E-state index is 0.0272. The second-order valence-electron chi connectivity index (χ2n) is 6.43. The van der Waals surface area contributed by atoms with Gasteiger partial charge in [-0.3, -0.25) is 0 Å². The summed E-state index contributed by atoms with van der Waals surface area (Å²) in [5.74, 6) is 1.34. The Labute approximate surface area is 165 Å². The van der Waals surface area contributed by atoms with Crippen LogP contribution in [0.15, 0.2) is 78.9 Å². The molecule has 0 aliphatic heterocycles. The lowest BCUT2D eigenvalue weighted by Gasteiger charge is -2.32. The number of benzene rings is 3. The van der Waals surface area contributed by atoms with Gasteiger partial charge in [0, 0.05) is 5.41 Å². The van der Waals surface area contributed by atoms with Crippen LogP contribution in [0.25, 0.3) is 0 Å². The summed E-state index contributed by atoms with van der Waals surface area (Å²) in [6.07, 6.45) is 0. The fraction of sp³-hybridized carbons (Fsp3) is 0.167. The summed E-state index contributed by atoms with van der Waals surface area (Å²) >= 11 is 0. The highest BCUT2D eigenvalue weighted by atomic mass is 16.5. The van der Waals surface area contributed by atoms with Gasteiger partial charge in [-0.05, 0) is 47.9 Å². The third kappa shape index (κ3) is 3.98. The Morgan fingerprint density at radius 2 is 1.04 bits per heavy atom. The van der Waals surface area contributed by atoms with Gasteiger partial charge < -0.3 is 9.47 Å². The van der Waals surface area contributed by atoms with Crippen LogP contribution in [0.3, 0.4) is 0 Å². The Hall–Kier alpha value is -3.76. The third-order valence-corrected chi connectivity index (χ3v) is 4.82. The van der Waals surface area contributed by atoms with Crippen molar-refractivity contribution in [2.45, 2.75) is 12.3 Å². The second kappa shape index (κ2) is 8.75. The monoisotopic (exact) mass is 368 g/mol. The molecule has 4 nitrogen and oxygen atoms in total. The molecule has 3 aromatic carbocycles. The summed E-state index contributed by atoms with van der Waals surface area (Å²) in [6.45, 7) is 2.23. The van der Waals surface area contributed by atoms with E-state index in [-0.39, 0.29) is 18.6 Å². The maximum atomic E-state index is 8.68. The maximum absolute atomic E-state index is 8.68. The highest BCUT2D eigenvalue weighted by molar-refractivity contribution is 5.51. The van der Waals surface area contributed by atoms with Gasteiger partial charge in [-0.15, -0.1) is 0 Å². The normalized spacial score (nSPS) is 10.5. The molecule has 0 aromatic heterocycles. The van der Waals surface area contributed by atoms with Crippen LogP contribution in [0.4, 0.5) is 0 Å². The molecule has 0 spiro atoms. The van der Waals surface area contributed by atoms with Crippen molar-refractivity contribution in [1.82, 2.24) is 0 Å². The number of hydrogen-bond donors (Lipinski definition) is 0. The SMILES string of the molecule is CC(c1ccccc1)(c1ccc(OCC#N)cc1)c1ccc(OCC#N)cc1. The topological polar surface area (TPSA) is 66.0 Å². The van der Waals surface area contributed by atoms with Crippen molar-refractivity contribution >= 4 is 0 Å². The molecule has 3 rings (SSSR count). The smallest absolute Gasteiger partial charge is 0.174 e. The molecule has 0 aliphatic carbocycles. The van der Waals surface area contributed by atoms with E-state index in [1.807, 2.05) is 78.9 Å². The van der Waals surface area contributed by atoms with Gasteiger partial charge in [-0.25, -0.2) is 0 Å². The first-order valence-corrected chi connectivity index (χ1v) is 8.94. The Balaban J connectivity index is 2.02. The highest BCUT2D eigenvalue weighted by Crippen LogP contribution is 2.39. The molecule has 3 aromatic rings. The van der Waals surface area contributed by atoms with Gasteiger partial charge in [0.05, 0.1) is 0 Å². The number of nitrogens with zero attached hydrogens (tertiary/aromatic N) is 2. The molecule has 28 heavy (non-hydrogen) atoms. The fourth-order valence-electron chi connectivity index (χ4n) is 3.27. The molecule has 0 unspecified atom stereocenters. The standard InChI is InChI=1S/C24H20N2O2/c1-24(19-5-3-2-4-6-19,20-7-11-22(12-8-20)27-17-15-25)21-9-13-23(14-10-21)28-18-16-26/h2-14H,17-18H2,1H3. The predicted molar refractivity (Wildman–Crippen MR) is 107 cm³/mol. The van der Waals surface area contributed by atoms with E-state index in [9.17, 15) is 0 Å². The number of nitriles is 2. The van der Waals surface area contributed by atoms with Crippen LogP contribution in [0, 0.1) is 22.7 Å². The summed E-state index contributed by atoms with van der Waals surface area (Å²) in [6, 6.07) is 29.9. The quantitative estimate of drug-likeness (QED) is 0.559. The molecule has 0 bridgehead atoms. The Morgan fingerprint density at radius 3 is 1.43 bits per heavy atom.